The van der Waals surface area contributed by atoms with E-state index in [4.69, 9.17) is 10.5 Å². The minimum atomic E-state index is -0.360. The van der Waals surface area contributed by atoms with E-state index in [0.29, 0.717) is 10.6 Å². The van der Waals surface area contributed by atoms with Gasteiger partial charge >= 0.3 is 5.97 Å². The van der Waals surface area contributed by atoms with Crippen LogP contribution in [0.3, 0.4) is 0 Å². The molecule has 0 radical (unpaired) electrons. The predicted molar refractivity (Wildman–Crippen MR) is 73.8 cm³/mol. The number of carbonyl (C=O) groups is 1. The van der Waals surface area contributed by atoms with E-state index in [-0.39, 0.29) is 12.6 Å². The summed E-state index contributed by atoms with van der Waals surface area (Å²) in [6, 6.07) is 7.82. The normalized spacial score (nSPS) is 10.3. The summed E-state index contributed by atoms with van der Waals surface area (Å²) in [5.74, 6) is -0.360. The highest BCUT2D eigenvalue weighted by Gasteiger charge is 2.12. The maximum atomic E-state index is 11.8. The summed E-state index contributed by atoms with van der Waals surface area (Å²) in [6.07, 6.45) is 0. The van der Waals surface area contributed by atoms with Gasteiger partial charge in [0, 0.05) is 0 Å². The van der Waals surface area contributed by atoms with Crippen molar-refractivity contribution >= 4 is 23.0 Å². The first-order chi connectivity index (χ1) is 8.56. The first kappa shape index (κ1) is 12.6. The number of hydrogen-bond donors (Lipinski definition) is 1. The van der Waals surface area contributed by atoms with Crippen LogP contribution in [0.1, 0.15) is 26.4 Å². The molecule has 0 unspecified atom stereocenters. The number of anilines is 1. The highest BCUT2D eigenvalue weighted by Crippen LogP contribution is 2.20. The lowest BCUT2D eigenvalue weighted by molar-refractivity contribution is 0.0479. The van der Waals surface area contributed by atoms with Crippen molar-refractivity contribution in [2.45, 2.75) is 20.5 Å². The van der Waals surface area contributed by atoms with Crippen LogP contribution < -0.4 is 5.73 Å². The quantitative estimate of drug-likeness (QED) is 0.862. The number of thiophene rings is 1. The Morgan fingerprint density at radius 3 is 2.50 bits per heavy atom. The second kappa shape index (κ2) is 5.23. The average molecular weight is 261 g/mol. The van der Waals surface area contributed by atoms with E-state index in [9.17, 15) is 4.79 Å². The standard InChI is InChI=1S/C14H15NO2S/c1-9-5-10(2)7-11(6-9)8-17-14(16)13-12(15)3-4-18-13/h3-7H,8,15H2,1-2H3. The average Bonchev–Trinajstić information content (AvgIpc) is 2.71. The van der Waals surface area contributed by atoms with Crippen molar-refractivity contribution in [2.24, 2.45) is 0 Å². The second-order valence-corrected chi connectivity index (χ2v) is 5.19. The fourth-order valence-electron chi connectivity index (χ4n) is 1.85. The fraction of sp³-hybridized carbons (Fsp3) is 0.214. The first-order valence-electron chi connectivity index (χ1n) is 5.63. The molecule has 0 aliphatic rings. The Morgan fingerprint density at radius 2 is 1.94 bits per heavy atom. The number of ether oxygens (including phenoxy) is 1. The lowest BCUT2D eigenvalue weighted by Gasteiger charge is -2.06. The molecule has 3 nitrogen and oxygen atoms in total. The van der Waals surface area contributed by atoms with Crippen LogP contribution in [-0.4, -0.2) is 5.97 Å². The monoisotopic (exact) mass is 261 g/mol. The fourth-order valence-corrected chi connectivity index (χ4v) is 2.56. The Labute approximate surface area is 110 Å². The molecule has 94 valence electrons. The zero-order chi connectivity index (χ0) is 13.1. The lowest BCUT2D eigenvalue weighted by Crippen LogP contribution is -2.05. The Balaban J connectivity index is 2.04. The van der Waals surface area contributed by atoms with E-state index in [1.807, 2.05) is 26.0 Å². The Kier molecular flexibility index (Phi) is 3.67. The second-order valence-electron chi connectivity index (χ2n) is 4.28. The number of benzene rings is 1. The maximum Gasteiger partial charge on any atom is 0.350 e. The molecule has 0 bridgehead atoms. The minimum absolute atomic E-state index is 0.276. The molecular formula is C14H15NO2S. The summed E-state index contributed by atoms with van der Waals surface area (Å²) >= 11 is 1.30. The first-order valence-corrected chi connectivity index (χ1v) is 6.51. The Morgan fingerprint density at radius 1 is 1.28 bits per heavy atom. The molecule has 0 saturated carbocycles. The highest BCUT2D eigenvalue weighted by molar-refractivity contribution is 7.12. The molecule has 1 heterocycles. The van der Waals surface area contributed by atoms with Gasteiger partial charge in [0.2, 0.25) is 0 Å². The molecule has 2 rings (SSSR count). The van der Waals surface area contributed by atoms with Gasteiger partial charge in [-0.15, -0.1) is 11.3 Å². The van der Waals surface area contributed by atoms with Gasteiger partial charge in [-0.25, -0.2) is 4.79 Å². The van der Waals surface area contributed by atoms with Gasteiger partial charge in [-0.2, -0.15) is 0 Å². The van der Waals surface area contributed by atoms with E-state index in [1.165, 1.54) is 11.3 Å². The van der Waals surface area contributed by atoms with Crippen LogP contribution in [0, 0.1) is 13.8 Å². The van der Waals surface area contributed by atoms with Crippen LogP contribution in [0.4, 0.5) is 5.69 Å². The number of rotatable bonds is 3. The van der Waals surface area contributed by atoms with Crippen LogP contribution in [0.2, 0.25) is 0 Å². The third-order valence-electron chi connectivity index (χ3n) is 2.53. The van der Waals surface area contributed by atoms with Gasteiger partial charge in [0.05, 0.1) is 5.69 Å². The van der Waals surface area contributed by atoms with Crippen molar-refractivity contribution < 1.29 is 9.53 Å². The van der Waals surface area contributed by atoms with Crippen molar-refractivity contribution in [3.63, 3.8) is 0 Å². The molecule has 0 fully saturated rings. The summed E-state index contributed by atoms with van der Waals surface area (Å²) in [5.41, 5.74) is 9.47. The molecule has 2 N–H and O–H groups in total. The van der Waals surface area contributed by atoms with Gasteiger partial charge in [0.25, 0.3) is 0 Å². The van der Waals surface area contributed by atoms with Gasteiger partial charge in [0.15, 0.2) is 0 Å². The molecule has 0 saturated heterocycles. The molecule has 0 amide bonds. The summed E-state index contributed by atoms with van der Waals surface area (Å²) in [6.45, 7) is 4.32. The molecule has 0 aliphatic carbocycles. The van der Waals surface area contributed by atoms with E-state index in [1.54, 1.807) is 11.4 Å². The zero-order valence-electron chi connectivity index (χ0n) is 10.4. The summed E-state index contributed by atoms with van der Waals surface area (Å²) < 4.78 is 5.25. The molecular weight excluding hydrogens is 246 g/mol. The Hall–Kier alpha value is -1.81. The smallest absolute Gasteiger partial charge is 0.350 e. The summed E-state index contributed by atoms with van der Waals surface area (Å²) in [5, 5.41) is 1.78. The zero-order valence-corrected chi connectivity index (χ0v) is 11.2. The molecule has 18 heavy (non-hydrogen) atoms. The highest BCUT2D eigenvalue weighted by atomic mass is 32.1. The van der Waals surface area contributed by atoms with Crippen LogP contribution in [-0.2, 0) is 11.3 Å². The third-order valence-corrected chi connectivity index (χ3v) is 3.44. The molecule has 0 atom stereocenters. The van der Waals surface area contributed by atoms with Crippen LogP contribution >= 0.6 is 11.3 Å². The number of esters is 1. The number of carbonyl (C=O) groups excluding carboxylic acids is 1. The van der Waals surface area contributed by atoms with Gasteiger partial charge in [-0.1, -0.05) is 29.3 Å². The molecule has 0 aliphatic heterocycles. The van der Waals surface area contributed by atoms with Crippen molar-refractivity contribution in [1.29, 1.82) is 0 Å². The molecule has 4 heteroatoms. The number of nitrogens with two attached hydrogens (primary N) is 1. The summed E-state index contributed by atoms with van der Waals surface area (Å²) in [4.78, 5) is 12.2. The topological polar surface area (TPSA) is 52.3 Å². The Bertz CT molecular complexity index is 555. The van der Waals surface area contributed by atoms with Gasteiger partial charge in [-0.3, -0.25) is 0 Å². The van der Waals surface area contributed by atoms with Crippen LogP contribution in [0.15, 0.2) is 29.6 Å². The SMILES string of the molecule is Cc1cc(C)cc(COC(=O)c2sccc2N)c1. The number of hydrogen-bond acceptors (Lipinski definition) is 4. The minimum Gasteiger partial charge on any atom is -0.457 e. The predicted octanol–water partition coefficient (Wildman–Crippen LogP) is 3.30. The van der Waals surface area contributed by atoms with Crippen LogP contribution in [0.25, 0.3) is 0 Å². The van der Waals surface area contributed by atoms with E-state index >= 15 is 0 Å². The summed E-state index contributed by atoms with van der Waals surface area (Å²) in [7, 11) is 0. The molecule has 0 spiro atoms. The van der Waals surface area contributed by atoms with Crippen LogP contribution in [0.5, 0.6) is 0 Å². The lowest BCUT2D eigenvalue weighted by atomic mass is 10.1. The number of nitrogen functional groups attached to an aromatic ring is 1. The number of aryl methyl sites for hydroxylation is 2. The van der Waals surface area contributed by atoms with Gasteiger partial charge in [0.1, 0.15) is 11.5 Å². The molecule has 1 aromatic carbocycles. The van der Waals surface area contributed by atoms with Gasteiger partial charge < -0.3 is 10.5 Å². The van der Waals surface area contributed by atoms with Crippen molar-refractivity contribution in [2.75, 3.05) is 5.73 Å². The largest absolute Gasteiger partial charge is 0.457 e. The van der Waals surface area contributed by atoms with Crippen molar-refractivity contribution in [1.82, 2.24) is 0 Å². The van der Waals surface area contributed by atoms with Crippen molar-refractivity contribution in [3.05, 3.63) is 51.2 Å². The van der Waals surface area contributed by atoms with Gasteiger partial charge in [-0.05, 0) is 30.9 Å². The van der Waals surface area contributed by atoms with E-state index in [2.05, 4.69) is 6.07 Å². The van der Waals surface area contributed by atoms with E-state index in [0.717, 1.165) is 16.7 Å². The maximum absolute atomic E-state index is 11.8. The molecule has 1 aromatic heterocycles. The third kappa shape index (κ3) is 2.90. The van der Waals surface area contributed by atoms with E-state index < -0.39 is 0 Å². The molecule has 2 aromatic rings. The van der Waals surface area contributed by atoms with Crippen molar-refractivity contribution in [3.8, 4) is 0 Å².